The van der Waals surface area contributed by atoms with Crippen LogP contribution in [0.5, 0.6) is 11.5 Å². The maximum absolute atomic E-state index is 13.0. The zero-order chi connectivity index (χ0) is 21.3. The molecule has 2 aromatic carbocycles. The monoisotopic (exact) mass is 395 g/mol. The van der Waals surface area contributed by atoms with Crippen molar-refractivity contribution in [2.45, 2.75) is 78.6 Å². The molecule has 0 aromatic heterocycles. The summed E-state index contributed by atoms with van der Waals surface area (Å²) in [6, 6.07) is 12.2. The highest BCUT2D eigenvalue weighted by molar-refractivity contribution is 5.81. The van der Waals surface area contributed by atoms with E-state index in [9.17, 15) is 4.79 Å². The van der Waals surface area contributed by atoms with E-state index >= 15 is 0 Å². The highest BCUT2D eigenvalue weighted by Gasteiger charge is 2.35. The summed E-state index contributed by atoms with van der Waals surface area (Å²) in [7, 11) is 0. The third-order valence-corrected chi connectivity index (χ3v) is 5.41. The van der Waals surface area contributed by atoms with Crippen LogP contribution in [0.3, 0.4) is 0 Å². The van der Waals surface area contributed by atoms with Crippen molar-refractivity contribution in [2.24, 2.45) is 0 Å². The molecule has 4 heteroatoms. The standard InChI is InChI=1S/C25H33NO3/c1-15(2)19-10-8-16(3)12-22(19)28-18(5)24(27)26-21-14-25(6,7)29-23-13-17(4)9-11-20(21)23/h8-13,15,18,21H,14H2,1-7H3,(H,26,27). The Bertz CT molecular complexity index is 901. The first-order chi connectivity index (χ1) is 13.6. The van der Waals surface area contributed by atoms with Crippen molar-refractivity contribution in [3.8, 4) is 11.5 Å². The minimum absolute atomic E-state index is 0.102. The van der Waals surface area contributed by atoms with Crippen LogP contribution in [0.4, 0.5) is 0 Å². The van der Waals surface area contributed by atoms with Crippen LogP contribution in [-0.2, 0) is 4.79 Å². The topological polar surface area (TPSA) is 47.6 Å². The van der Waals surface area contributed by atoms with Crippen LogP contribution < -0.4 is 14.8 Å². The van der Waals surface area contributed by atoms with Crippen molar-refractivity contribution >= 4 is 5.91 Å². The van der Waals surface area contributed by atoms with E-state index in [0.29, 0.717) is 12.3 Å². The van der Waals surface area contributed by atoms with Crippen molar-refractivity contribution < 1.29 is 14.3 Å². The molecular formula is C25H33NO3. The van der Waals surface area contributed by atoms with E-state index in [4.69, 9.17) is 9.47 Å². The van der Waals surface area contributed by atoms with E-state index in [-0.39, 0.29) is 17.6 Å². The van der Waals surface area contributed by atoms with Crippen LogP contribution in [0, 0.1) is 13.8 Å². The van der Waals surface area contributed by atoms with Crippen molar-refractivity contribution in [1.29, 1.82) is 0 Å². The number of rotatable bonds is 5. The Morgan fingerprint density at radius 1 is 1.10 bits per heavy atom. The fourth-order valence-corrected chi connectivity index (χ4v) is 3.84. The first kappa shape index (κ1) is 21.2. The number of carbonyl (C=O) groups excluding carboxylic acids is 1. The Hall–Kier alpha value is -2.49. The zero-order valence-electron chi connectivity index (χ0n) is 18.6. The lowest BCUT2D eigenvalue weighted by Crippen LogP contribution is -2.44. The van der Waals surface area contributed by atoms with Crippen LogP contribution in [0.2, 0.25) is 0 Å². The van der Waals surface area contributed by atoms with Crippen LogP contribution >= 0.6 is 0 Å². The van der Waals surface area contributed by atoms with E-state index in [0.717, 1.165) is 33.8 Å². The Morgan fingerprint density at radius 3 is 2.45 bits per heavy atom. The van der Waals surface area contributed by atoms with Gasteiger partial charge in [-0.2, -0.15) is 0 Å². The van der Waals surface area contributed by atoms with Gasteiger partial charge in [-0.25, -0.2) is 0 Å². The third kappa shape index (κ3) is 4.92. The molecule has 1 heterocycles. The molecule has 0 spiro atoms. The van der Waals surface area contributed by atoms with E-state index in [1.54, 1.807) is 0 Å². The normalized spacial score (nSPS) is 18.6. The fourth-order valence-electron chi connectivity index (χ4n) is 3.84. The average molecular weight is 396 g/mol. The molecule has 2 aromatic rings. The molecule has 1 aliphatic rings. The summed E-state index contributed by atoms with van der Waals surface area (Å²) in [6.45, 7) is 14.3. The molecule has 1 N–H and O–H groups in total. The first-order valence-electron chi connectivity index (χ1n) is 10.4. The number of nitrogens with one attached hydrogen (secondary N) is 1. The van der Waals surface area contributed by atoms with Gasteiger partial charge in [0.25, 0.3) is 5.91 Å². The van der Waals surface area contributed by atoms with Gasteiger partial charge in [-0.05, 0) is 69.4 Å². The molecule has 1 amide bonds. The van der Waals surface area contributed by atoms with Crippen molar-refractivity contribution in [2.75, 3.05) is 0 Å². The predicted octanol–water partition coefficient (Wildman–Crippen LogP) is 5.61. The second kappa shape index (κ2) is 8.10. The molecule has 1 aliphatic heterocycles. The Balaban J connectivity index is 1.78. The summed E-state index contributed by atoms with van der Waals surface area (Å²) in [5, 5.41) is 3.19. The number of carbonyl (C=O) groups is 1. The number of benzene rings is 2. The summed E-state index contributed by atoms with van der Waals surface area (Å²) in [5.74, 6) is 1.84. The molecule has 3 rings (SSSR count). The van der Waals surface area contributed by atoms with Gasteiger partial charge in [-0.3, -0.25) is 4.79 Å². The minimum Gasteiger partial charge on any atom is -0.487 e. The maximum atomic E-state index is 13.0. The molecule has 0 fully saturated rings. The molecule has 2 unspecified atom stereocenters. The molecule has 4 nitrogen and oxygen atoms in total. The summed E-state index contributed by atoms with van der Waals surface area (Å²) in [6.07, 6.45) is 0.123. The lowest BCUT2D eigenvalue weighted by molar-refractivity contribution is -0.128. The van der Waals surface area contributed by atoms with E-state index in [1.807, 2.05) is 39.0 Å². The van der Waals surface area contributed by atoms with Crippen molar-refractivity contribution in [3.05, 3.63) is 58.7 Å². The molecule has 0 saturated carbocycles. The lowest BCUT2D eigenvalue weighted by Gasteiger charge is -2.38. The molecule has 2 atom stereocenters. The van der Waals surface area contributed by atoms with Crippen LogP contribution in [0.25, 0.3) is 0 Å². The van der Waals surface area contributed by atoms with E-state index in [1.165, 1.54) is 0 Å². The molecule has 0 saturated heterocycles. The summed E-state index contributed by atoms with van der Waals surface area (Å²) in [5.41, 5.74) is 4.05. The van der Waals surface area contributed by atoms with Gasteiger partial charge >= 0.3 is 0 Å². The second-order valence-corrected chi connectivity index (χ2v) is 9.12. The summed E-state index contributed by atoms with van der Waals surface area (Å²) >= 11 is 0. The first-order valence-corrected chi connectivity index (χ1v) is 10.4. The maximum Gasteiger partial charge on any atom is 0.261 e. The highest BCUT2D eigenvalue weighted by atomic mass is 16.5. The van der Waals surface area contributed by atoms with Gasteiger partial charge in [-0.1, -0.05) is 38.1 Å². The van der Waals surface area contributed by atoms with Gasteiger partial charge in [-0.15, -0.1) is 0 Å². The van der Waals surface area contributed by atoms with Crippen LogP contribution in [0.1, 0.15) is 75.3 Å². The Kier molecular flexibility index (Phi) is 5.92. The van der Waals surface area contributed by atoms with Gasteiger partial charge in [0.15, 0.2) is 6.10 Å². The number of aryl methyl sites for hydroxylation is 2. The molecule has 29 heavy (non-hydrogen) atoms. The number of hydrogen-bond acceptors (Lipinski definition) is 3. The predicted molar refractivity (Wildman–Crippen MR) is 117 cm³/mol. The highest BCUT2D eigenvalue weighted by Crippen LogP contribution is 2.40. The quantitative estimate of drug-likeness (QED) is 0.715. The van der Waals surface area contributed by atoms with Crippen LogP contribution in [0.15, 0.2) is 36.4 Å². The molecular weight excluding hydrogens is 362 g/mol. The fraction of sp³-hybridized carbons (Fsp3) is 0.480. The van der Waals surface area contributed by atoms with Gasteiger partial charge < -0.3 is 14.8 Å². The number of hydrogen-bond donors (Lipinski definition) is 1. The van der Waals surface area contributed by atoms with Gasteiger partial charge in [0.05, 0.1) is 6.04 Å². The molecule has 0 bridgehead atoms. The molecule has 0 aliphatic carbocycles. The van der Waals surface area contributed by atoms with Gasteiger partial charge in [0.1, 0.15) is 17.1 Å². The summed E-state index contributed by atoms with van der Waals surface area (Å²) in [4.78, 5) is 13.0. The average Bonchev–Trinajstić information content (AvgIpc) is 2.59. The second-order valence-electron chi connectivity index (χ2n) is 9.12. The Morgan fingerprint density at radius 2 is 1.76 bits per heavy atom. The number of amides is 1. The number of fused-ring (bicyclic) bond motifs is 1. The SMILES string of the molecule is Cc1ccc(C(C)C)c(OC(C)C(=O)NC2CC(C)(C)Oc3cc(C)ccc32)c1. The van der Waals surface area contributed by atoms with E-state index in [2.05, 4.69) is 51.2 Å². The smallest absolute Gasteiger partial charge is 0.261 e. The zero-order valence-corrected chi connectivity index (χ0v) is 18.6. The van der Waals surface area contributed by atoms with Crippen molar-refractivity contribution in [1.82, 2.24) is 5.32 Å². The van der Waals surface area contributed by atoms with Gasteiger partial charge in [0, 0.05) is 12.0 Å². The number of ether oxygens (including phenoxy) is 2. The third-order valence-electron chi connectivity index (χ3n) is 5.41. The van der Waals surface area contributed by atoms with Crippen LogP contribution in [-0.4, -0.2) is 17.6 Å². The molecule has 156 valence electrons. The lowest BCUT2D eigenvalue weighted by atomic mass is 9.89. The molecule has 0 radical (unpaired) electrons. The van der Waals surface area contributed by atoms with E-state index < -0.39 is 6.10 Å². The summed E-state index contributed by atoms with van der Waals surface area (Å²) < 4.78 is 12.2. The minimum atomic E-state index is -0.589. The Labute approximate surface area is 174 Å². The van der Waals surface area contributed by atoms with Crippen molar-refractivity contribution in [3.63, 3.8) is 0 Å². The van der Waals surface area contributed by atoms with Gasteiger partial charge in [0.2, 0.25) is 0 Å². The largest absolute Gasteiger partial charge is 0.487 e.